The molecule has 126 valence electrons. The van der Waals surface area contributed by atoms with Crippen molar-refractivity contribution in [2.45, 2.75) is 17.8 Å². The molecule has 0 saturated heterocycles. The molecule has 0 aliphatic carbocycles. The van der Waals surface area contributed by atoms with Gasteiger partial charge in [0.2, 0.25) is 5.76 Å². The van der Waals surface area contributed by atoms with Gasteiger partial charge in [-0.1, -0.05) is 34.6 Å². The van der Waals surface area contributed by atoms with Gasteiger partial charge in [0.15, 0.2) is 10.9 Å². The first-order valence-corrected chi connectivity index (χ1v) is 9.00. The Bertz CT molecular complexity index is 992. The fourth-order valence-corrected chi connectivity index (χ4v) is 3.51. The first kappa shape index (κ1) is 16.1. The summed E-state index contributed by atoms with van der Waals surface area (Å²) in [6, 6.07) is 11.4. The van der Waals surface area contributed by atoms with E-state index in [1.54, 1.807) is 24.2 Å². The van der Waals surface area contributed by atoms with Crippen LogP contribution in [0.1, 0.15) is 11.3 Å². The Morgan fingerprint density at radius 3 is 2.96 bits per heavy atom. The summed E-state index contributed by atoms with van der Waals surface area (Å²) in [5.41, 5.74) is 2.86. The number of halogens is 1. The Morgan fingerprint density at radius 2 is 2.12 bits per heavy atom. The summed E-state index contributed by atoms with van der Waals surface area (Å²) < 4.78 is 12.7. The summed E-state index contributed by atoms with van der Waals surface area (Å²) in [5, 5.41) is 5.70. The molecule has 0 aliphatic rings. The van der Waals surface area contributed by atoms with Crippen LogP contribution >= 0.6 is 23.4 Å². The van der Waals surface area contributed by atoms with Crippen LogP contribution in [0.4, 0.5) is 0 Å². The molecule has 25 heavy (non-hydrogen) atoms. The number of thioether (sulfide) groups is 1. The van der Waals surface area contributed by atoms with Gasteiger partial charge in [-0.3, -0.25) is 4.57 Å². The third kappa shape index (κ3) is 3.23. The van der Waals surface area contributed by atoms with E-state index in [2.05, 4.69) is 10.1 Å². The van der Waals surface area contributed by atoms with E-state index >= 15 is 0 Å². The lowest BCUT2D eigenvalue weighted by Gasteiger charge is -2.11. The monoisotopic (exact) mass is 371 g/mol. The van der Waals surface area contributed by atoms with Gasteiger partial charge in [-0.25, -0.2) is 4.98 Å². The van der Waals surface area contributed by atoms with Gasteiger partial charge in [0.25, 0.3) is 0 Å². The summed E-state index contributed by atoms with van der Waals surface area (Å²) in [7, 11) is 0. The second kappa shape index (κ2) is 6.82. The molecule has 0 radical (unpaired) electrons. The highest BCUT2D eigenvalue weighted by Crippen LogP contribution is 2.29. The average molecular weight is 372 g/mol. The normalized spacial score (nSPS) is 11.1. The molecular weight excluding hydrogens is 358 g/mol. The molecule has 4 aromatic rings. The van der Waals surface area contributed by atoms with E-state index < -0.39 is 0 Å². The van der Waals surface area contributed by atoms with Crippen LogP contribution in [0, 0.1) is 6.92 Å². The standard InChI is InChI=1S/C18H14ClN3O2S/c1-12-14(19)4-2-5-15(12)22-8-7-20-18(22)25-11-13-10-17(24-21-13)16-6-3-9-23-16/h2-10H,11H2,1H3. The van der Waals surface area contributed by atoms with Gasteiger partial charge < -0.3 is 8.94 Å². The van der Waals surface area contributed by atoms with Crippen molar-refractivity contribution in [3.05, 3.63) is 71.3 Å². The summed E-state index contributed by atoms with van der Waals surface area (Å²) >= 11 is 7.82. The summed E-state index contributed by atoms with van der Waals surface area (Å²) in [5.74, 6) is 1.93. The van der Waals surface area contributed by atoms with Crippen LogP contribution in [0.25, 0.3) is 17.2 Å². The molecule has 7 heteroatoms. The van der Waals surface area contributed by atoms with Crippen LogP contribution in [-0.4, -0.2) is 14.7 Å². The summed E-state index contributed by atoms with van der Waals surface area (Å²) in [6.07, 6.45) is 5.31. The van der Waals surface area contributed by atoms with Gasteiger partial charge >= 0.3 is 0 Å². The van der Waals surface area contributed by atoms with Crippen molar-refractivity contribution in [2.75, 3.05) is 0 Å². The second-order valence-electron chi connectivity index (χ2n) is 5.41. The molecule has 0 spiro atoms. The number of imidazole rings is 1. The molecular formula is C18H14ClN3O2S. The molecule has 4 rings (SSSR count). The zero-order valence-electron chi connectivity index (χ0n) is 13.3. The minimum Gasteiger partial charge on any atom is -0.461 e. The molecule has 0 N–H and O–H groups in total. The molecule has 0 aliphatic heterocycles. The van der Waals surface area contributed by atoms with Crippen molar-refractivity contribution < 1.29 is 8.94 Å². The number of nitrogens with zero attached hydrogens (tertiary/aromatic N) is 3. The van der Waals surface area contributed by atoms with Gasteiger partial charge in [0, 0.05) is 29.2 Å². The van der Waals surface area contributed by atoms with Gasteiger partial charge in [-0.2, -0.15) is 0 Å². The topological polar surface area (TPSA) is 57.0 Å². The molecule has 0 unspecified atom stereocenters. The lowest BCUT2D eigenvalue weighted by molar-refractivity contribution is 0.413. The highest BCUT2D eigenvalue weighted by molar-refractivity contribution is 7.98. The molecule has 0 bridgehead atoms. The Morgan fingerprint density at radius 1 is 1.20 bits per heavy atom. The molecule has 1 aromatic carbocycles. The van der Waals surface area contributed by atoms with E-state index in [0.29, 0.717) is 17.3 Å². The minimum atomic E-state index is 0.620. The SMILES string of the molecule is Cc1c(Cl)cccc1-n1ccnc1SCc1cc(-c2ccco2)on1. The predicted molar refractivity (Wildman–Crippen MR) is 97.1 cm³/mol. The van der Waals surface area contributed by atoms with Gasteiger partial charge in [-0.15, -0.1) is 0 Å². The highest BCUT2D eigenvalue weighted by atomic mass is 35.5. The van der Waals surface area contributed by atoms with Crippen LogP contribution < -0.4 is 0 Å². The first-order chi connectivity index (χ1) is 12.2. The Kier molecular flexibility index (Phi) is 4.38. The third-order valence-corrected chi connectivity index (χ3v) is 5.19. The van der Waals surface area contributed by atoms with Crippen molar-refractivity contribution in [2.24, 2.45) is 0 Å². The summed E-state index contributed by atoms with van der Waals surface area (Å²) in [6.45, 7) is 2.00. The number of furan rings is 1. The van der Waals surface area contributed by atoms with E-state index in [1.165, 1.54) is 0 Å². The number of hydrogen-bond donors (Lipinski definition) is 0. The van der Waals surface area contributed by atoms with E-state index in [-0.39, 0.29) is 0 Å². The maximum Gasteiger partial charge on any atom is 0.202 e. The number of benzene rings is 1. The maximum atomic E-state index is 6.24. The Labute approximate surface area is 153 Å². The van der Waals surface area contributed by atoms with E-state index in [9.17, 15) is 0 Å². The van der Waals surface area contributed by atoms with E-state index in [4.69, 9.17) is 20.5 Å². The lowest BCUT2D eigenvalue weighted by Crippen LogP contribution is -1.98. The molecule has 3 heterocycles. The van der Waals surface area contributed by atoms with E-state index in [1.807, 2.05) is 54.1 Å². The zero-order valence-corrected chi connectivity index (χ0v) is 14.9. The van der Waals surface area contributed by atoms with Gasteiger partial charge in [-0.05, 0) is 36.8 Å². The molecule has 0 saturated carbocycles. The van der Waals surface area contributed by atoms with Crippen LogP contribution in [0.2, 0.25) is 5.02 Å². The maximum absolute atomic E-state index is 6.24. The largest absolute Gasteiger partial charge is 0.461 e. The van der Waals surface area contributed by atoms with Crippen LogP contribution in [-0.2, 0) is 5.75 Å². The number of aromatic nitrogens is 3. The Balaban J connectivity index is 1.53. The fraction of sp³-hybridized carbons (Fsp3) is 0.111. The van der Waals surface area contributed by atoms with Crippen molar-refractivity contribution in [3.63, 3.8) is 0 Å². The molecule has 5 nitrogen and oxygen atoms in total. The number of hydrogen-bond acceptors (Lipinski definition) is 5. The summed E-state index contributed by atoms with van der Waals surface area (Å²) in [4.78, 5) is 4.44. The Hall–Kier alpha value is -2.44. The second-order valence-corrected chi connectivity index (χ2v) is 6.76. The van der Waals surface area contributed by atoms with Gasteiger partial charge in [0.1, 0.15) is 0 Å². The van der Waals surface area contributed by atoms with Crippen molar-refractivity contribution in [1.29, 1.82) is 0 Å². The fourth-order valence-electron chi connectivity index (χ4n) is 2.49. The van der Waals surface area contributed by atoms with Crippen LogP contribution in [0.3, 0.4) is 0 Å². The zero-order chi connectivity index (χ0) is 17.2. The first-order valence-electron chi connectivity index (χ1n) is 7.63. The molecule has 3 aromatic heterocycles. The van der Waals surface area contributed by atoms with Crippen LogP contribution in [0.15, 0.2) is 69.2 Å². The van der Waals surface area contributed by atoms with Crippen molar-refractivity contribution in [3.8, 4) is 17.2 Å². The predicted octanol–water partition coefficient (Wildman–Crippen LogP) is 5.37. The average Bonchev–Trinajstić information content (AvgIpc) is 3.36. The van der Waals surface area contributed by atoms with Crippen LogP contribution in [0.5, 0.6) is 0 Å². The van der Waals surface area contributed by atoms with E-state index in [0.717, 1.165) is 27.1 Å². The molecule has 0 atom stereocenters. The smallest absolute Gasteiger partial charge is 0.202 e. The lowest BCUT2D eigenvalue weighted by atomic mass is 10.2. The third-order valence-electron chi connectivity index (χ3n) is 3.78. The molecule has 0 fully saturated rings. The van der Waals surface area contributed by atoms with Crippen molar-refractivity contribution >= 4 is 23.4 Å². The van der Waals surface area contributed by atoms with Gasteiger partial charge in [0.05, 0.1) is 17.6 Å². The quantitative estimate of drug-likeness (QED) is 0.441. The molecule has 0 amide bonds. The van der Waals surface area contributed by atoms with Crippen molar-refractivity contribution in [1.82, 2.24) is 14.7 Å². The number of rotatable bonds is 5. The highest BCUT2D eigenvalue weighted by Gasteiger charge is 2.13. The minimum absolute atomic E-state index is 0.620.